The van der Waals surface area contributed by atoms with E-state index in [0.717, 1.165) is 29.3 Å². The first kappa shape index (κ1) is 15.0. The summed E-state index contributed by atoms with van der Waals surface area (Å²) in [5, 5.41) is 4.86. The Balaban J connectivity index is 1.78. The summed E-state index contributed by atoms with van der Waals surface area (Å²) in [6.45, 7) is 4.43. The molecule has 0 aliphatic carbocycles. The second-order valence-corrected chi connectivity index (χ2v) is 6.05. The molecular formula is C20H24NO. The molecule has 2 nitrogen and oxygen atoms in total. The largest absolute Gasteiger partial charge is 0.453 e. The molecule has 0 saturated heterocycles. The molecule has 0 aromatic heterocycles. The van der Waals surface area contributed by atoms with Crippen LogP contribution in [0.5, 0.6) is 11.5 Å². The molecule has 1 aliphatic rings. The Bertz CT molecular complexity index is 648. The predicted molar refractivity (Wildman–Crippen MR) is 91.6 cm³/mol. The Morgan fingerprint density at radius 2 is 1.73 bits per heavy atom. The summed E-state index contributed by atoms with van der Waals surface area (Å²) in [5.41, 5.74) is 4.64. The molecule has 0 spiro atoms. The van der Waals surface area contributed by atoms with E-state index in [2.05, 4.69) is 19.9 Å². The highest BCUT2D eigenvalue weighted by Crippen LogP contribution is 2.44. The molecule has 0 N–H and O–H groups in total. The van der Waals surface area contributed by atoms with Gasteiger partial charge >= 0.3 is 0 Å². The lowest BCUT2D eigenvalue weighted by molar-refractivity contribution is 0.470. The van der Waals surface area contributed by atoms with E-state index in [1.54, 1.807) is 0 Å². The Morgan fingerprint density at radius 1 is 0.909 bits per heavy atom. The third-order valence-electron chi connectivity index (χ3n) is 4.33. The van der Waals surface area contributed by atoms with Crippen LogP contribution in [0.2, 0.25) is 0 Å². The van der Waals surface area contributed by atoms with Gasteiger partial charge in [0.25, 0.3) is 0 Å². The first-order valence-corrected chi connectivity index (χ1v) is 8.40. The number of nitrogens with zero attached hydrogens (tertiary/aromatic N) is 1. The number of rotatable bonds is 6. The van der Waals surface area contributed by atoms with Crippen molar-refractivity contribution < 1.29 is 4.74 Å². The molecule has 115 valence electrons. The predicted octanol–water partition coefficient (Wildman–Crippen LogP) is 6.18. The molecule has 2 aromatic rings. The van der Waals surface area contributed by atoms with E-state index in [1.165, 1.54) is 43.2 Å². The zero-order chi connectivity index (χ0) is 15.4. The second kappa shape index (κ2) is 6.87. The second-order valence-electron chi connectivity index (χ2n) is 6.05. The Kier molecular flexibility index (Phi) is 4.67. The number of fused-ring (bicyclic) bond motifs is 2. The number of hydrogen-bond acceptors (Lipinski definition) is 1. The highest BCUT2D eigenvalue weighted by atomic mass is 16.5. The number of hydrogen-bond donors (Lipinski definition) is 0. The fourth-order valence-corrected chi connectivity index (χ4v) is 3.02. The van der Waals surface area contributed by atoms with E-state index in [4.69, 9.17) is 10.1 Å². The van der Waals surface area contributed by atoms with Crippen LogP contribution in [0.4, 0.5) is 11.4 Å². The van der Waals surface area contributed by atoms with Gasteiger partial charge in [0.1, 0.15) is 11.4 Å². The summed E-state index contributed by atoms with van der Waals surface area (Å²) in [6.07, 6.45) is 7.59. The lowest BCUT2D eigenvalue weighted by atomic mass is 9.98. The van der Waals surface area contributed by atoms with Crippen LogP contribution in [0.3, 0.4) is 0 Å². The normalized spacial score (nSPS) is 12.1. The van der Waals surface area contributed by atoms with Crippen molar-refractivity contribution in [2.24, 2.45) is 0 Å². The molecule has 1 aliphatic heterocycles. The van der Waals surface area contributed by atoms with Crippen molar-refractivity contribution in [2.75, 3.05) is 0 Å². The van der Waals surface area contributed by atoms with Gasteiger partial charge in [-0.2, -0.15) is 0 Å². The lowest BCUT2D eigenvalue weighted by Gasteiger charge is -2.23. The topological polar surface area (TPSA) is 23.3 Å². The summed E-state index contributed by atoms with van der Waals surface area (Å²) < 4.78 is 6.02. The minimum Gasteiger partial charge on any atom is -0.453 e. The van der Waals surface area contributed by atoms with Crippen LogP contribution in [0, 0.1) is 6.92 Å². The van der Waals surface area contributed by atoms with Gasteiger partial charge in [-0.1, -0.05) is 50.8 Å². The molecule has 2 heteroatoms. The molecule has 1 radical (unpaired) electrons. The summed E-state index contributed by atoms with van der Waals surface area (Å²) in [4.78, 5) is 0. The maximum absolute atomic E-state index is 6.02. The fourth-order valence-electron chi connectivity index (χ4n) is 3.02. The van der Waals surface area contributed by atoms with E-state index in [-0.39, 0.29) is 0 Å². The van der Waals surface area contributed by atoms with E-state index in [9.17, 15) is 0 Å². The van der Waals surface area contributed by atoms with Gasteiger partial charge in [0, 0.05) is 0 Å². The SMILES string of the molecule is CCCCCCCc1c(C)ccc2c1[N]c1ccccc1O2. The van der Waals surface area contributed by atoms with Gasteiger partial charge in [0.2, 0.25) is 0 Å². The number of benzene rings is 2. The third-order valence-corrected chi connectivity index (χ3v) is 4.33. The molecule has 0 bridgehead atoms. The first-order valence-electron chi connectivity index (χ1n) is 8.40. The molecule has 1 heterocycles. The summed E-state index contributed by atoms with van der Waals surface area (Å²) in [5.74, 6) is 1.75. The zero-order valence-electron chi connectivity index (χ0n) is 13.6. The highest BCUT2D eigenvalue weighted by molar-refractivity contribution is 5.71. The number of aryl methyl sites for hydroxylation is 1. The van der Waals surface area contributed by atoms with Crippen LogP contribution >= 0.6 is 0 Å². The van der Waals surface area contributed by atoms with Crippen molar-refractivity contribution in [3.8, 4) is 11.5 Å². The molecule has 22 heavy (non-hydrogen) atoms. The van der Waals surface area contributed by atoms with Crippen molar-refractivity contribution in [3.63, 3.8) is 0 Å². The van der Waals surface area contributed by atoms with Gasteiger partial charge in [0.05, 0.1) is 0 Å². The van der Waals surface area contributed by atoms with Crippen molar-refractivity contribution in [1.82, 2.24) is 5.32 Å². The maximum atomic E-state index is 6.02. The number of para-hydroxylation sites is 2. The first-order chi connectivity index (χ1) is 10.8. The van der Waals surface area contributed by atoms with E-state index in [1.807, 2.05) is 30.3 Å². The summed E-state index contributed by atoms with van der Waals surface area (Å²) in [6, 6.07) is 12.2. The molecule has 0 fully saturated rings. The monoisotopic (exact) mass is 294 g/mol. The Labute approximate surface area is 133 Å². The van der Waals surface area contributed by atoms with E-state index < -0.39 is 0 Å². The summed E-state index contributed by atoms with van der Waals surface area (Å²) in [7, 11) is 0. The van der Waals surface area contributed by atoms with Crippen molar-refractivity contribution >= 4 is 11.4 Å². The zero-order valence-corrected chi connectivity index (χ0v) is 13.6. The average Bonchev–Trinajstić information content (AvgIpc) is 2.55. The van der Waals surface area contributed by atoms with Gasteiger partial charge in [-0.05, 0) is 49.1 Å². The van der Waals surface area contributed by atoms with Gasteiger partial charge in [-0.3, -0.25) is 0 Å². The minimum atomic E-state index is 0.854. The molecule has 0 amide bonds. The molecule has 0 unspecified atom stereocenters. The van der Waals surface area contributed by atoms with Crippen molar-refractivity contribution in [2.45, 2.75) is 52.4 Å². The van der Waals surface area contributed by atoms with Gasteiger partial charge in [0.15, 0.2) is 11.5 Å². The van der Waals surface area contributed by atoms with Crippen LogP contribution in [-0.2, 0) is 6.42 Å². The van der Waals surface area contributed by atoms with Crippen LogP contribution in [-0.4, -0.2) is 0 Å². The van der Waals surface area contributed by atoms with Crippen molar-refractivity contribution in [3.05, 3.63) is 47.5 Å². The standard InChI is InChI=1S/C20H24NO/c1-3-4-5-6-7-10-16-15(2)13-14-19-20(16)21-17-11-8-9-12-18(17)22-19/h8-9,11-14H,3-7,10H2,1-2H3. The fraction of sp³-hybridized carbons (Fsp3) is 0.400. The minimum absolute atomic E-state index is 0.854. The van der Waals surface area contributed by atoms with Crippen LogP contribution < -0.4 is 10.1 Å². The Morgan fingerprint density at radius 3 is 2.59 bits per heavy atom. The third kappa shape index (κ3) is 3.11. The number of unbranched alkanes of at least 4 members (excludes halogenated alkanes) is 4. The quantitative estimate of drug-likeness (QED) is 0.498. The lowest BCUT2D eigenvalue weighted by Crippen LogP contribution is -2.06. The van der Waals surface area contributed by atoms with Gasteiger partial charge in [-0.15, -0.1) is 0 Å². The molecule has 3 rings (SSSR count). The van der Waals surface area contributed by atoms with Crippen LogP contribution in [0.1, 0.15) is 50.2 Å². The summed E-state index contributed by atoms with van der Waals surface area (Å²) >= 11 is 0. The van der Waals surface area contributed by atoms with Crippen molar-refractivity contribution in [1.29, 1.82) is 0 Å². The molecular weight excluding hydrogens is 270 g/mol. The van der Waals surface area contributed by atoms with Gasteiger partial charge in [-0.25, -0.2) is 5.32 Å². The highest BCUT2D eigenvalue weighted by Gasteiger charge is 2.21. The van der Waals surface area contributed by atoms with E-state index in [0.29, 0.717) is 0 Å². The maximum Gasteiger partial charge on any atom is 0.153 e. The molecule has 0 atom stereocenters. The van der Waals surface area contributed by atoms with E-state index >= 15 is 0 Å². The smallest absolute Gasteiger partial charge is 0.153 e. The number of ether oxygens (including phenoxy) is 1. The van der Waals surface area contributed by atoms with Gasteiger partial charge < -0.3 is 4.74 Å². The van der Waals surface area contributed by atoms with Crippen LogP contribution in [0.25, 0.3) is 0 Å². The Hall–Kier alpha value is -1.96. The molecule has 0 saturated carbocycles. The molecule has 2 aromatic carbocycles. The van der Waals surface area contributed by atoms with Crippen LogP contribution in [0.15, 0.2) is 36.4 Å². The average molecular weight is 294 g/mol.